The molecule has 0 atom stereocenters. The summed E-state index contributed by atoms with van der Waals surface area (Å²) in [7, 11) is 0. The van der Waals surface area contributed by atoms with Gasteiger partial charge in [-0.05, 0) is 18.2 Å². The van der Waals surface area contributed by atoms with Gasteiger partial charge < -0.3 is 15.0 Å². The maximum atomic E-state index is 12.8. The molecule has 1 amide bonds. The van der Waals surface area contributed by atoms with E-state index in [0.717, 1.165) is 6.07 Å². The largest absolute Gasteiger partial charge is 0.452 e. The Morgan fingerprint density at radius 3 is 2.31 bits per heavy atom. The fourth-order valence-corrected chi connectivity index (χ4v) is 3.30. The Hall–Kier alpha value is -4.52. The van der Waals surface area contributed by atoms with Crippen molar-refractivity contribution < 1.29 is 19.1 Å². The molecule has 4 aromatic rings. The third-order valence-electron chi connectivity index (χ3n) is 4.79. The second kappa shape index (κ2) is 9.09. The van der Waals surface area contributed by atoms with E-state index >= 15 is 0 Å². The van der Waals surface area contributed by atoms with Crippen LogP contribution in [0.2, 0.25) is 0 Å². The predicted octanol–water partition coefficient (Wildman–Crippen LogP) is 3.55. The highest BCUT2D eigenvalue weighted by molar-refractivity contribution is 6.14. The van der Waals surface area contributed by atoms with Gasteiger partial charge in [0.2, 0.25) is 5.56 Å². The summed E-state index contributed by atoms with van der Waals surface area (Å²) in [5.74, 6) is -1.65. The molecule has 0 spiro atoms. The molecule has 7 heteroatoms. The number of carbonyl (C=O) groups excluding carboxylic acids is 3. The number of aromatic nitrogens is 1. The summed E-state index contributed by atoms with van der Waals surface area (Å²) in [5.41, 5.74) is 1.22. The van der Waals surface area contributed by atoms with E-state index in [-0.39, 0.29) is 11.3 Å². The Balaban J connectivity index is 1.47. The smallest absolute Gasteiger partial charge is 0.339 e. The van der Waals surface area contributed by atoms with Crippen LogP contribution in [0.3, 0.4) is 0 Å². The Bertz CT molecular complexity index is 1380. The normalized spacial score (nSPS) is 10.5. The fraction of sp³-hybridized carbons (Fsp3) is 0.0400. The van der Waals surface area contributed by atoms with E-state index in [0.29, 0.717) is 27.7 Å². The van der Waals surface area contributed by atoms with E-state index in [1.807, 2.05) is 6.07 Å². The van der Waals surface area contributed by atoms with Crippen LogP contribution in [-0.2, 0) is 9.53 Å². The van der Waals surface area contributed by atoms with E-state index in [2.05, 4.69) is 10.3 Å². The number of pyridine rings is 1. The third-order valence-corrected chi connectivity index (χ3v) is 4.79. The van der Waals surface area contributed by atoms with E-state index in [1.165, 1.54) is 0 Å². The minimum Gasteiger partial charge on any atom is -0.452 e. The minimum atomic E-state index is -0.795. The van der Waals surface area contributed by atoms with Crippen molar-refractivity contribution in [3.63, 3.8) is 0 Å². The highest BCUT2D eigenvalue weighted by Gasteiger charge is 2.17. The van der Waals surface area contributed by atoms with Gasteiger partial charge in [0.1, 0.15) is 0 Å². The van der Waals surface area contributed by atoms with Crippen LogP contribution in [-0.4, -0.2) is 29.3 Å². The molecule has 1 aromatic heterocycles. The van der Waals surface area contributed by atoms with Gasteiger partial charge in [-0.3, -0.25) is 14.4 Å². The number of esters is 1. The molecule has 0 saturated heterocycles. The number of benzene rings is 3. The number of rotatable bonds is 6. The standard InChI is InChI=1S/C25H18N2O5/c28-22-14-19(17-10-4-6-12-20(17)26-22)25(31)32-15-23(29)27-21-13-7-5-11-18(21)24(30)16-8-2-1-3-9-16/h1-14H,15H2,(H,26,28)(H,27,29). The molecule has 0 saturated carbocycles. The van der Waals surface area contributed by atoms with Crippen LogP contribution in [0.1, 0.15) is 26.3 Å². The Morgan fingerprint density at radius 2 is 1.50 bits per heavy atom. The van der Waals surface area contributed by atoms with Gasteiger partial charge in [0.15, 0.2) is 12.4 Å². The number of hydrogen-bond acceptors (Lipinski definition) is 5. The van der Waals surface area contributed by atoms with Crippen molar-refractivity contribution >= 4 is 34.3 Å². The third kappa shape index (κ3) is 4.46. The van der Waals surface area contributed by atoms with Gasteiger partial charge in [0.25, 0.3) is 5.91 Å². The molecular weight excluding hydrogens is 408 g/mol. The van der Waals surface area contributed by atoms with E-state index in [4.69, 9.17) is 4.74 Å². The van der Waals surface area contributed by atoms with Gasteiger partial charge >= 0.3 is 5.97 Å². The van der Waals surface area contributed by atoms with Crippen molar-refractivity contribution in [2.24, 2.45) is 0 Å². The van der Waals surface area contributed by atoms with Crippen molar-refractivity contribution in [1.29, 1.82) is 0 Å². The summed E-state index contributed by atoms with van der Waals surface area (Å²) in [5, 5.41) is 3.12. The summed E-state index contributed by atoms with van der Waals surface area (Å²) < 4.78 is 5.12. The predicted molar refractivity (Wildman–Crippen MR) is 120 cm³/mol. The van der Waals surface area contributed by atoms with Gasteiger partial charge in [-0.1, -0.05) is 60.7 Å². The number of anilines is 1. The zero-order valence-corrected chi connectivity index (χ0v) is 16.8. The molecule has 4 rings (SSSR count). The fourth-order valence-electron chi connectivity index (χ4n) is 3.30. The molecule has 7 nitrogen and oxygen atoms in total. The first-order valence-electron chi connectivity index (χ1n) is 9.81. The zero-order valence-electron chi connectivity index (χ0n) is 16.8. The lowest BCUT2D eigenvalue weighted by molar-refractivity contribution is -0.119. The number of para-hydroxylation sites is 2. The topological polar surface area (TPSA) is 105 Å². The Morgan fingerprint density at radius 1 is 0.812 bits per heavy atom. The first-order chi connectivity index (χ1) is 15.5. The summed E-state index contributed by atoms with van der Waals surface area (Å²) in [6.45, 7) is -0.576. The van der Waals surface area contributed by atoms with Crippen LogP contribution < -0.4 is 10.9 Å². The van der Waals surface area contributed by atoms with Crippen molar-refractivity contribution in [2.75, 3.05) is 11.9 Å². The second-order valence-electron chi connectivity index (χ2n) is 6.96. The first kappa shape index (κ1) is 20.7. The molecule has 0 aliphatic carbocycles. The first-order valence-corrected chi connectivity index (χ1v) is 9.81. The van der Waals surface area contributed by atoms with Crippen LogP contribution in [0.4, 0.5) is 5.69 Å². The summed E-state index contributed by atoms with van der Waals surface area (Å²) in [6, 6.07) is 23.2. The quantitative estimate of drug-likeness (QED) is 0.362. The van der Waals surface area contributed by atoms with Gasteiger partial charge in [-0.2, -0.15) is 0 Å². The van der Waals surface area contributed by atoms with Crippen LogP contribution >= 0.6 is 0 Å². The number of amides is 1. The lowest BCUT2D eigenvalue weighted by Crippen LogP contribution is -2.23. The summed E-state index contributed by atoms with van der Waals surface area (Å²) >= 11 is 0. The van der Waals surface area contributed by atoms with Crippen LogP contribution in [0.25, 0.3) is 10.9 Å². The minimum absolute atomic E-state index is 0.0665. The van der Waals surface area contributed by atoms with Gasteiger partial charge in [0, 0.05) is 28.1 Å². The number of ketones is 1. The number of aromatic amines is 1. The number of fused-ring (bicyclic) bond motifs is 1. The summed E-state index contributed by atoms with van der Waals surface area (Å²) in [4.78, 5) is 52.2. The number of ether oxygens (including phenoxy) is 1. The highest BCUT2D eigenvalue weighted by atomic mass is 16.5. The molecule has 0 radical (unpaired) electrons. The lowest BCUT2D eigenvalue weighted by Gasteiger charge is -2.11. The summed E-state index contributed by atoms with van der Waals surface area (Å²) in [6.07, 6.45) is 0. The van der Waals surface area contributed by atoms with Crippen LogP contribution in [0.15, 0.2) is 89.7 Å². The molecule has 1 heterocycles. The van der Waals surface area contributed by atoms with Gasteiger partial charge in [-0.15, -0.1) is 0 Å². The molecule has 0 unspecified atom stereocenters. The van der Waals surface area contributed by atoms with E-state index < -0.39 is 24.0 Å². The SMILES string of the molecule is O=C(COC(=O)c1cc(=O)[nH]c2ccccc12)Nc1ccccc1C(=O)c1ccccc1. The number of hydrogen-bond donors (Lipinski definition) is 2. The molecule has 2 N–H and O–H groups in total. The van der Waals surface area contributed by atoms with Crippen molar-refractivity contribution in [3.05, 3.63) is 112 Å². The van der Waals surface area contributed by atoms with E-state index in [9.17, 15) is 19.2 Å². The molecule has 0 aliphatic heterocycles. The zero-order chi connectivity index (χ0) is 22.5. The highest BCUT2D eigenvalue weighted by Crippen LogP contribution is 2.20. The molecule has 0 fully saturated rings. The van der Waals surface area contributed by atoms with Crippen molar-refractivity contribution in [3.8, 4) is 0 Å². The molecule has 32 heavy (non-hydrogen) atoms. The van der Waals surface area contributed by atoms with Gasteiger partial charge in [0.05, 0.1) is 11.3 Å². The molecule has 0 aliphatic rings. The number of carbonyl (C=O) groups is 3. The average Bonchev–Trinajstić information content (AvgIpc) is 2.82. The average molecular weight is 426 g/mol. The molecular formula is C25H18N2O5. The second-order valence-corrected chi connectivity index (χ2v) is 6.96. The maximum Gasteiger partial charge on any atom is 0.339 e. The van der Waals surface area contributed by atoms with Crippen molar-refractivity contribution in [2.45, 2.75) is 0 Å². The lowest BCUT2D eigenvalue weighted by atomic mass is 10.0. The van der Waals surface area contributed by atoms with Crippen LogP contribution in [0.5, 0.6) is 0 Å². The van der Waals surface area contributed by atoms with Crippen molar-refractivity contribution in [1.82, 2.24) is 4.98 Å². The van der Waals surface area contributed by atoms with Crippen LogP contribution in [0, 0.1) is 0 Å². The maximum absolute atomic E-state index is 12.8. The number of nitrogens with one attached hydrogen (secondary N) is 2. The Labute approximate surface area is 182 Å². The molecule has 3 aromatic carbocycles. The monoisotopic (exact) mass is 426 g/mol. The molecule has 158 valence electrons. The van der Waals surface area contributed by atoms with Gasteiger partial charge in [-0.25, -0.2) is 4.79 Å². The molecule has 0 bridgehead atoms. The Kier molecular flexibility index (Phi) is 5.89. The number of H-pyrrole nitrogens is 1. The van der Waals surface area contributed by atoms with E-state index in [1.54, 1.807) is 72.8 Å².